The molecule has 1 N–H and O–H groups in total. The van der Waals surface area contributed by atoms with E-state index in [1.807, 2.05) is 0 Å². The van der Waals surface area contributed by atoms with E-state index in [1.54, 1.807) is 0 Å². The molecule has 2 saturated heterocycles. The van der Waals surface area contributed by atoms with Gasteiger partial charge in [0.2, 0.25) is 0 Å². The third-order valence-corrected chi connectivity index (χ3v) is 2.42. The topological polar surface area (TPSA) is 131 Å². The van der Waals surface area contributed by atoms with Crippen molar-refractivity contribution in [3.8, 4) is 0 Å². The molecule has 0 bridgehead atoms. The van der Waals surface area contributed by atoms with Gasteiger partial charge in [0.1, 0.15) is 6.10 Å². The molecular formula is C9H8N2O8. The summed E-state index contributed by atoms with van der Waals surface area (Å²) < 4.78 is 0. The van der Waals surface area contributed by atoms with Gasteiger partial charge in [-0.25, -0.2) is 0 Å². The molecule has 10 heteroatoms. The third kappa shape index (κ3) is 2.38. The number of rotatable bonds is 2. The summed E-state index contributed by atoms with van der Waals surface area (Å²) in [6.45, 7) is 0. The summed E-state index contributed by atoms with van der Waals surface area (Å²) in [6, 6.07) is 0. The Hall–Kier alpha value is -2.49. The Bertz CT molecular complexity index is 471. The van der Waals surface area contributed by atoms with Crippen LogP contribution in [0.3, 0.4) is 0 Å². The zero-order valence-electron chi connectivity index (χ0n) is 9.40. The van der Waals surface area contributed by atoms with Crippen molar-refractivity contribution in [3.05, 3.63) is 0 Å². The monoisotopic (exact) mass is 272 g/mol. The maximum Gasteiger partial charge on any atom is 0.560 e. The van der Waals surface area contributed by atoms with Crippen LogP contribution >= 0.6 is 0 Å². The zero-order valence-corrected chi connectivity index (χ0v) is 9.40. The summed E-state index contributed by atoms with van der Waals surface area (Å²) in [6.07, 6.45) is -3.92. The fraction of sp³-hybridized carbons (Fsp3) is 0.444. The van der Waals surface area contributed by atoms with Crippen molar-refractivity contribution in [2.45, 2.75) is 25.4 Å². The van der Waals surface area contributed by atoms with Crippen LogP contribution in [0.5, 0.6) is 0 Å². The van der Waals surface area contributed by atoms with E-state index in [4.69, 9.17) is 5.11 Å². The maximum absolute atomic E-state index is 11.2. The first kappa shape index (κ1) is 13.0. The van der Waals surface area contributed by atoms with Gasteiger partial charge in [0.25, 0.3) is 23.6 Å². The molecule has 0 saturated carbocycles. The van der Waals surface area contributed by atoms with Crippen molar-refractivity contribution < 1.29 is 38.8 Å². The second kappa shape index (κ2) is 4.65. The highest BCUT2D eigenvalue weighted by molar-refractivity contribution is 6.04. The molecule has 2 aliphatic rings. The lowest BCUT2D eigenvalue weighted by Crippen LogP contribution is -2.38. The van der Waals surface area contributed by atoms with Gasteiger partial charge in [0.15, 0.2) is 0 Å². The molecule has 0 aromatic rings. The summed E-state index contributed by atoms with van der Waals surface area (Å²) in [7, 11) is 0. The van der Waals surface area contributed by atoms with Crippen molar-refractivity contribution >= 4 is 29.8 Å². The predicted molar refractivity (Wildman–Crippen MR) is 51.1 cm³/mol. The number of carbonyl (C=O) groups is 5. The lowest BCUT2D eigenvalue weighted by atomic mass is 10.3. The number of hydroxylamine groups is 4. The van der Waals surface area contributed by atoms with Crippen LogP contribution in [0.4, 0.5) is 4.79 Å². The van der Waals surface area contributed by atoms with Crippen LogP contribution < -0.4 is 0 Å². The van der Waals surface area contributed by atoms with Crippen LogP contribution in [0.1, 0.15) is 19.3 Å². The highest BCUT2D eigenvalue weighted by atomic mass is 16.9. The minimum absolute atomic E-state index is 0.0258. The third-order valence-electron chi connectivity index (χ3n) is 2.42. The molecule has 102 valence electrons. The van der Waals surface area contributed by atoms with Crippen LogP contribution in [0.25, 0.3) is 0 Å². The molecule has 2 heterocycles. The first-order chi connectivity index (χ1) is 8.90. The van der Waals surface area contributed by atoms with Gasteiger partial charge >= 0.3 is 6.16 Å². The lowest BCUT2D eigenvalue weighted by molar-refractivity contribution is -0.199. The molecule has 0 radical (unpaired) electrons. The predicted octanol–water partition coefficient (Wildman–Crippen LogP) is -1.76. The number of hydrogen-bond acceptors (Lipinski definition) is 8. The van der Waals surface area contributed by atoms with Crippen molar-refractivity contribution in [2.24, 2.45) is 0 Å². The van der Waals surface area contributed by atoms with Gasteiger partial charge in [-0.05, 0) is 0 Å². The molecule has 0 aromatic carbocycles. The van der Waals surface area contributed by atoms with E-state index in [9.17, 15) is 24.0 Å². The van der Waals surface area contributed by atoms with E-state index in [0.29, 0.717) is 0 Å². The highest BCUT2D eigenvalue weighted by Crippen LogP contribution is 2.16. The number of hydrogen-bond donors (Lipinski definition) is 1. The fourth-order valence-electron chi connectivity index (χ4n) is 1.51. The van der Waals surface area contributed by atoms with Gasteiger partial charge in [0, 0.05) is 12.8 Å². The van der Waals surface area contributed by atoms with Crippen molar-refractivity contribution in [1.82, 2.24) is 10.1 Å². The molecule has 0 aromatic heterocycles. The minimum Gasteiger partial charge on any atom is -0.383 e. The Morgan fingerprint density at radius 3 is 2.00 bits per heavy atom. The number of nitrogens with zero attached hydrogens (tertiary/aromatic N) is 2. The van der Waals surface area contributed by atoms with Crippen LogP contribution in [-0.4, -0.2) is 51.1 Å². The molecule has 2 fully saturated rings. The van der Waals surface area contributed by atoms with Crippen LogP contribution in [0.15, 0.2) is 0 Å². The Kier molecular flexibility index (Phi) is 3.17. The summed E-state index contributed by atoms with van der Waals surface area (Å²) in [4.78, 5) is 64.3. The van der Waals surface area contributed by atoms with Crippen molar-refractivity contribution in [3.63, 3.8) is 0 Å². The second-order valence-corrected chi connectivity index (χ2v) is 3.76. The van der Waals surface area contributed by atoms with E-state index in [2.05, 4.69) is 9.68 Å². The van der Waals surface area contributed by atoms with E-state index in [-0.39, 0.29) is 23.0 Å². The molecule has 4 amide bonds. The molecular weight excluding hydrogens is 264 g/mol. The number of aliphatic hydroxyl groups excluding tert-OH is 1. The maximum atomic E-state index is 11.2. The summed E-state index contributed by atoms with van der Waals surface area (Å²) in [5, 5.41) is 9.28. The summed E-state index contributed by atoms with van der Waals surface area (Å²) >= 11 is 0. The minimum atomic E-state index is -1.60. The quantitative estimate of drug-likeness (QED) is 0.585. The van der Waals surface area contributed by atoms with Gasteiger partial charge < -0.3 is 5.11 Å². The van der Waals surface area contributed by atoms with Gasteiger partial charge in [-0.2, -0.15) is 4.79 Å². The number of imide groups is 2. The van der Waals surface area contributed by atoms with Crippen LogP contribution in [0.2, 0.25) is 0 Å². The first-order valence-electron chi connectivity index (χ1n) is 5.20. The summed E-state index contributed by atoms with van der Waals surface area (Å²) in [5.41, 5.74) is 0. The highest BCUT2D eigenvalue weighted by Gasteiger charge is 2.42. The Balaban J connectivity index is 1.95. The molecule has 10 nitrogen and oxygen atoms in total. The lowest BCUT2D eigenvalue weighted by Gasteiger charge is -2.15. The van der Waals surface area contributed by atoms with Gasteiger partial charge in [0.05, 0.1) is 6.42 Å². The molecule has 1 atom stereocenters. The zero-order chi connectivity index (χ0) is 14.2. The molecule has 1 unspecified atom stereocenters. The SMILES string of the molecule is O=C(ON1C(=O)CCC1=O)ON1C(=O)CC(O)C1=O. The van der Waals surface area contributed by atoms with E-state index in [0.717, 1.165) is 0 Å². The Labute approximate surface area is 105 Å². The number of amides is 4. The van der Waals surface area contributed by atoms with E-state index in [1.165, 1.54) is 0 Å². The molecule has 0 spiro atoms. The van der Waals surface area contributed by atoms with Crippen molar-refractivity contribution in [2.75, 3.05) is 0 Å². The van der Waals surface area contributed by atoms with Gasteiger partial charge in [-0.15, -0.1) is 0 Å². The molecule has 2 rings (SSSR count). The standard InChI is InChI=1S/C9H8N2O8/c12-4-3-7(15)11(8(4)16)19-9(17)18-10-5(13)1-2-6(10)14/h4,12H,1-3H2. The van der Waals surface area contributed by atoms with E-state index >= 15 is 0 Å². The Morgan fingerprint density at radius 2 is 1.53 bits per heavy atom. The average molecular weight is 272 g/mol. The number of carbonyl (C=O) groups excluding carboxylic acids is 5. The van der Waals surface area contributed by atoms with Gasteiger partial charge in [-0.3, -0.25) is 28.9 Å². The largest absolute Gasteiger partial charge is 0.560 e. The van der Waals surface area contributed by atoms with Crippen molar-refractivity contribution in [1.29, 1.82) is 0 Å². The van der Waals surface area contributed by atoms with Gasteiger partial charge in [-0.1, -0.05) is 10.1 Å². The second-order valence-electron chi connectivity index (χ2n) is 3.76. The molecule has 2 aliphatic heterocycles. The average Bonchev–Trinajstić information content (AvgIpc) is 2.77. The number of aliphatic hydroxyl groups is 1. The van der Waals surface area contributed by atoms with Crippen LogP contribution in [-0.2, 0) is 28.9 Å². The fourth-order valence-corrected chi connectivity index (χ4v) is 1.51. The van der Waals surface area contributed by atoms with E-state index < -0.39 is 42.3 Å². The molecule has 0 aliphatic carbocycles. The van der Waals surface area contributed by atoms with Crippen LogP contribution in [0, 0.1) is 0 Å². The Morgan fingerprint density at radius 1 is 1.00 bits per heavy atom. The molecule has 19 heavy (non-hydrogen) atoms. The normalized spacial score (nSPS) is 23.3. The summed E-state index contributed by atoms with van der Waals surface area (Å²) in [5.74, 6) is -3.53. The smallest absolute Gasteiger partial charge is 0.383 e. The first-order valence-corrected chi connectivity index (χ1v) is 5.20.